The van der Waals surface area contributed by atoms with Crippen LogP contribution in [-0.4, -0.2) is 64.5 Å². The van der Waals surface area contributed by atoms with Gasteiger partial charge in [0.1, 0.15) is 18.2 Å². The van der Waals surface area contributed by atoms with Crippen LogP contribution in [0.25, 0.3) is 0 Å². The number of carbonyl (C=O) groups excluding carboxylic acids is 2. The lowest BCUT2D eigenvalue weighted by atomic mass is 10.1. The molecule has 0 bridgehead atoms. The third kappa shape index (κ3) is 6.27. The minimum Gasteiger partial charge on any atom is -0.483 e. The SMILES string of the molecule is COCc1noc(CNC(=O)C2CC(=O)N(c3nnc(COC)s3)C2)n1.O=CO. The molecule has 13 nitrogen and oxygen atoms in total. The van der Waals surface area contributed by atoms with Gasteiger partial charge in [-0.15, -0.1) is 10.2 Å². The third-order valence-electron chi connectivity index (χ3n) is 3.65. The number of nitrogens with zero attached hydrogens (tertiary/aromatic N) is 5. The molecule has 1 unspecified atom stereocenters. The van der Waals surface area contributed by atoms with Crippen molar-refractivity contribution in [3.8, 4) is 0 Å². The lowest BCUT2D eigenvalue weighted by Gasteiger charge is -2.12. The first-order valence-corrected chi connectivity index (χ1v) is 9.11. The van der Waals surface area contributed by atoms with Crippen LogP contribution < -0.4 is 10.2 Å². The molecular formula is C15H20N6O7S. The average molecular weight is 428 g/mol. The van der Waals surface area contributed by atoms with Gasteiger partial charge < -0.3 is 24.4 Å². The Hall–Kier alpha value is -2.97. The second-order valence-corrected chi connectivity index (χ2v) is 6.72. The van der Waals surface area contributed by atoms with Crippen LogP contribution in [0.3, 0.4) is 0 Å². The number of ether oxygens (including phenoxy) is 2. The minimum atomic E-state index is -0.473. The number of aromatic nitrogens is 4. The Kier molecular flexibility index (Phi) is 8.57. The van der Waals surface area contributed by atoms with E-state index in [-0.39, 0.29) is 50.3 Å². The molecule has 3 rings (SSSR count). The molecule has 14 heteroatoms. The van der Waals surface area contributed by atoms with Crippen LogP contribution in [0, 0.1) is 5.92 Å². The number of nitrogens with one attached hydrogen (secondary N) is 1. The first kappa shape index (κ1) is 22.3. The molecule has 2 amide bonds. The Morgan fingerprint density at radius 2 is 2.10 bits per heavy atom. The van der Waals surface area contributed by atoms with E-state index >= 15 is 0 Å². The van der Waals surface area contributed by atoms with Gasteiger partial charge in [0.05, 0.1) is 12.5 Å². The first-order valence-electron chi connectivity index (χ1n) is 8.30. The number of hydrogen-bond acceptors (Lipinski definition) is 11. The van der Waals surface area contributed by atoms with Crippen LogP contribution in [0.15, 0.2) is 4.52 Å². The van der Waals surface area contributed by atoms with Gasteiger partial charge in [-0.2, -0.15) is 4.98 Å². The average Bonchev–Trinajstić information content (AvgIpc) is 3.41. The summed E-state index contributed by atoms with van der Waals surface area (Å²) in [6.45, 7) is 0.664. The number of anilines is 1. The largest absolute Gasteiger partial charge is 0.483 e. The van der Waals surface area contributed by atoms with E-state index in [0.29, 0.717) is 22.6 Å². The van der Waals surface area contributed by atoms with E-state index in [2.05, 4.69) is 25.7 Å². The molecule has 0 aliphatic carbocycles. The van der Waals surface area contributed by atoms with Gasteiger partial charge in [-0.05, 0) is 0 Å². The Morgan fingerprint density at radius 1 is 1.38 bits per heavy atom. The highest BCUT2D eigenvalue weighted by atomic mass is 32.1. The molecule has 1 aliphatic rings. The van der Waals surface area contributed by atoms with Crippen LogP contribution in [-0.2, 0) is 43.6 Å². The van der Waals surface area contributed by atoms with Crippen molar-refractivity contribution in [3.63, 3.8) is 0 Å². The molecule has 1 fully saturated rings. The topological polar surface area (TPSA) is 170 Å². The molecule has 1 saturated heterocycles. The second kappa shape index (κ2) is 11.1. The third-order valence-corrected chi connectivity index (χ3v) is 4.57. The van der Waals surface area contributed by atoms with Gasteiger partial charge in [-0.25, -0.2) is 0 Å². The number of methoxy groups -OCH3 is 2. The van der Waals surface area contributed by atoms with Gasteiger partial charge in [-0.1, -0.05) is 16.5 Å². The van der Waals surface area contributed by atoms with Crippen LogP contribution >= 0.6 is 11.3 Å². The van der Waals surface area contributed by atoms with Gasteiger partial charge in [0.25, 0.3) is 6.47 Å². The Labute approximate surface area is 169 Å². The highest BCUT2D eigenvalue weighted by molar-refractivity contribution is 7.15. The smallest absolute Gasteiger partial charge is 0.290 e. The molecule has 2 N–H and O–H groups in total. The van der Waals surface area contributed by atoms with Gasteiger partial charge in [0, 0.05) is 27.2 Å². The maximum absolute atomic E-state index is 12.3. The predicted molar refractivity (Wildman–Crippen MR) is 96.6 cm³/mol. The van der Waals surface area contributed by atoms with E-state index in [1.807, 2.05) is 0 Å². The van der Waals surface area contributed by atoms with Crippen LogP contribution in [0.2, 0.25) is 0 Å². The van der Waals surface area contributed by atoms with Crippen molar-refractivity contribution in [2.75, 3.05) is 25.7 Å². The van der Waals surface area contributed by atoms with Crippen molar-refractivity contribution in [1.82, 2.24) is 25.7 Å². The predicted octanol–water partition coefficient (Wildman–Crippen LogP) is -0.416. The lowest BCUT2D eigenvalue weighted by Crippen LogP contribution is -2.32. The summed E-state index contributed by atoms with van der Waals surface area (Å²) in [4.78, 5) is 38.4. The Bertz CT molecular complexity index is 826. The fourth-order valence-electron chi connectivity index (χ4n) is 2.46. The molecule has 1 aliphatic heterocycles. The minimum absolute atomic E-state index is 0.0943. The van der Waals surface area contributed by atoms with Gasteiger partial charge in [0.15, 0.2) is 5.82 Å². The van der Waals surface area contributed by atoms with Crippen molar-refractivity contribution >= 4 is 34.8 Å². The number of rotatable bonds is 8. The summed E-state index contributed by atoms with van der Waals surface area (Å²) >= 11 is 1.27. The van der Waals surface area contributed by atoms with E-state index in [1.54, 1.807) is 7.11 Å². The quantitative estimate of drug-likeness (QED) is 0.524. The molecule has 2 aromatic rings. The summed E-state index contributed by atoms with van der Waals surface area (Å²) in [6.07, 6.45) is 0.115. The fourth-order valence-corrected chi connectivity index (χ4v) is 3.30. The van der Waals surface area contributed by atoms with Crippen molar-refractivity contribution in [1.29, 1.82) is 0 Å². The zero-order valence-corrected chi connectivity index (χ0v) is 16.5. The zero-order chi connectivity index (χ0) is 21.2. The molecule has 0 saturated carbocycles. The lowest BCUT2D eigenvalue weighted by molar-refractivity contribution is -0.126. The highest BCUT2D eigenvalue weighted by Gasteiger charge is 2.36. The molecule has 3 heterocycles. The summed E-state index contributed by atoms with van der Waals surface area (Å²) < 4.78 is 14.9. The van der Waals surface area contributed by atoms with Crippen molar-refractivity contribution in [2.45, 2.75) is 26.2 Å². The summed E-state index contributed by atoms with van der Waals surface area (Å²) in [5.41, 5.74) is 0. The highest BCUT2D eigenvalue weighted by Crippen LogP contribution is 2.28. The van der Waals surface area contributed by atoms with Crippen molar-refractivity contribution in [2.24, 2.45) is 5.92 Å². The molecule has 0 spiro atoms. The molecule has 1 atom stereocenters. The fraction of sp³-hybridized carbons (Fsp3) is 0.533. The van der Waals surface area contributed by atoms with E-state index in [0.717, 1.165) is 0 Å². The maximum Gasteiger partial charge on any atom is 0.290 e. The Balaban J connectivity index is 0.000000941. The molecule has 2 aromatic heterocycles. The number of carboxylic acid groups (broad SMARTS) is 1. The number of amides is 2. The summed E-state index contributed by atoms with van der Waals surface area (Å²) in [5.74, 6) is -0.208. The Morgan fingerprint density at radius 3 is 2.79 bits per heavy atom. The molecule has 158 valence electrons. The first-order chi connectivity index (χ1) is 14.0. The standard InChI is InChI=1S/C14H18N6O5S.CH2O2/c1-23-6-9-16-10(25-19-9)4-15-13(22)8-3-12(21)20(5-8)14-18-17-11(26-14)7-24-2;2-1-3/h8H,3-7H2,1-2H3,(H,15,22);1H,(H,2,3). The number of hydrogen-bond donors (Lipinski definition) is 2. The van der Waals surface area contributed by atoms with Crippen molar-refractivity contribution < 1.29 is 33.5 Å². The van der Waals surface area contributed by atoms with Crippen LogP contribution in [0.1, 0.15) is 23.1 Å². The van der Waals surface area contributed by atoms with E-state index in [4.69, 9.17) is 23.9 Å². The van der Waals surface area contributed by atoms with Gasteiger partial charge in [-0.3, -0.25) is 19.3 Å². The molecule has 29 heavy (non-hydrogen) atoms. The second-order valence-electron chi connectivity index (χ2n) is 5.68. The monoisotopic (exact) mass is 428 g/mol. The van der Waals surface area contributed by atoms with E-state index in [1.165, 1.54) is 23.3 Å². The van der Waals surface area contributed by atoms with E-state index < -0.39 is 5.92 Å². The number of carbonyl (C=O) groups is 3. The molecule has 0 radical (unpaired) electrons. The summed E-state index contributed by atoms with van der Waals surface area (Å²) in [7, 11) is 3.08. The van der Waals surface area contributed by atoms with Crippen molar-refractivity contribution in [3.05, 3.63) is 16.7 Å². The van der Waals surface area contributed by atoms with Crippen LogP contribution in [0.5, 0.6) is 0 Å². The maximum atomic E-state index is 12.3. The van der Waals surface area contributed by atoms with Gasteiger partial charge >= 0.3 is 0 Å². The summed E-state index contributed by atoms with van der Waals surface area (Å²) in [5, 5.41) is 22.4. The van der Waals surface area contributed by atoms with Gasteiger partial charge in [0.2, 0.25) is 22.8 Å². The normalized spacial score (nSPS) is 15.7. The molecule has 0 aromatic carbocycles. The summed E-state index contributed by atoms with van der Waals surface area (Å²) in [6, 6.07) is 0. The zero-order valence-electron chi connectivity index (χ0n) is 15.7. The molecular weight excluding hydrogens is 408 g/mol. The van der Waals surface area contributed by atoms with E-state index in [9.17, 15) is 9.59 Å². The van der Waals surface area contributed by atoms with Crippen LogP contribution in [0.4, 0.5) is 5.13 Å².